The fraction of sp³-hybridized carbons (Fsp3) is 0.500. The fourth-order valence-corrected chi connectivity index (χ4v) is 1.31. The van der Waals surface area contributed by atoms with Crippen LogP contribution < -0.4 is 0 Å². The van der Waals surface area contributed by atoms with Gasteiger partial charge in [0.1, 0.15) is 6.04 Å². The molecule has 1 aliphatic heterocycles. The maximum atomic E-state index is 4.13. The lowest BCUT2D eigenvalue weighted by Crippen LogP contribution is -2.00. The molecule has 4 heteroatoms. The molecule has 62 valence electrons. The van der Waals surface area contributed by atoms with E-state index in [1.54, 1.807) is 6.20 Å². The molecule has 0 bridgehead atoms. The van der Waals surface area contributed by atoms with Crippen molar-refractivity contribution in [2.45, 2.75) is 19.9 Å². The van der Waals surface area contributed by atoms with Crippen LogP contribution in [0.1, 0.15) is 25.5 Å². The highest BCUT2D eigenvalue weighted by atomic mass is 15.3. The van der Waals surface area contributed by atoms with E-state index >= 15 is 0 Å². The van der Waals surface area contributed by atoms with Crippen LogP contribution in [0.25, 0.3) is 0 Å². The van der Waals surface area contributed by atoms with Crippen LogP contribution >= 0.6 is 0 Å². The first-order valence-corrected chi connectivity index (χ1v) is 4.01. The minimum Gasteiger partial charge on any atom is -0.178 e. The van der Waals surface area contributed by atoms with E-state index in [-0.39, 0.29) is 6.04 Å². The van der Waals surface area contributed by atoms with Gasteiger partial charge in [-0.25, -0.2) is 0 Å². The Kier molecular flexibility index (Phi) is 1.60. The topological polar surface area (TPSA) is 50.5 Å². The van der Waals surface area contributed by atoms with Crippen LogP contribution in [-0.2, 0) is 0 Å². The Morgan fingerprint density at radius 2 is 2.25 bits per heavy atom. The zero-order chi connectivity index (χ0) is 8.55. The zero-order valence-electron chi connectivity index (χ0n) is 7.10. The standard InChI is InChI=1S/C8H10N4/c1-5(2)7-6-3-4-9-11-8(6)12-10-7/h3-5,7H,1-2H3. The predicted molar refractivity (Wildman–Crippen MR) is 44.1 cm³/mol. The highest BCUT2D eigenvalue weighted by molar-refractivity contribution is 5.41. The van der Waals surface area contributed by atoms with Gasteiger partial charge in [-0.2, -0.15) is 10.2 Å². The fourth-order valence-electron chi connectivity index (χ4n) is 1.31. The molecule has 0 saturated carbocycles. The number of nitrogens with zero attached hydrogens (tertiary/aromatic N) is 4. The maximum Gasteiger partial charge on any atom is 0.201 e. The predicted octanol–water partition coefficient (Wildman–Crippen LogP) is 2.27. The van der Waals surface area contributed by atoms with Crippen molar-refractivity contribution in [2.24, 2.45) is 16.1 Å². The van der Waals surface area contributed by atoms with E-state index in [9.17, 15) is 0 Å². The number of rotatable bonds is 1. The van der Waals surface area contributed by atoms with E-state index in [1.807, 2.05) is 6.07 Å². The number of fused-ring (bicyclic) bond motifs is 1. The molecule has 1 aromatic rings. The van der Waals surface area contributed by atoms with Gasteiger partial charge >= 0.3 is 0 Å². The van der Waals surface area contributed by atoms with Crippen molar-refractivity contribution in [1.29, 1.82) is 0 Å². The van der Waals surface area contributed by atoms with Crippen molar-refractivity contribution >= 4 is 5.82 Å². The van der Waals surface area contributed by atoms with Gasteiger partial charge in [-0.3, -0.25) is 0 Å². The average molecular weight is 162 g/mol. The third-order valence-electron chi connectivity index (χ3n) is 1.96. The first-order valence-electron chi connectivity index (χ1n) is 4.01. The summed E-state index contributed by atoms with van der Waals surface area (Å²) in [6.07, 6.45) is 1.69. The molecule has 0 radical (unpaired) electrons. The molecule has 0 amide bonds. The van der Waals surface area contributed by atoms with Crippen molar-refractivity contribution in [3.05, 3.63) is 17.8 Å². The summed E-state index contributed by atoms with van der Waals surface area (Å²) in [5, 5.41) is 15.7. The summed E-state index contributed by atoms with van der Waals surface area (Å²) in [4.78, 5) is 0. The molecule has 2 rings (SSSR count). The maximum absolute atomic E-state index is 4.13. The Balaban J connectivity index is 2.42. The van der Waals surface area contributed by atoms with E-state index in [0.717, 1.165) is 5.56 Å². The molecule has 1 unspecified atom stereocenters. The number of hydrogen-bond donors (Lipinski definition) is 0. The van der Waals surface area contributed by atoms with Crippen LogP contribution in [0.2, 0.25) is 0 Å². The molecule has 0 spiro atoms. The van der Waals surface area contributed by atoms with Crippen LogP contribution in [0.4, 0.5) is 5.82 Å². The van der Waals surface area contributed by atoms with Gasteiger partial charge in [0.15, 0.2) is 0 Å². The van der Waals surface area contributed by atoms with Gasteiger partial charge in [-0.1, -0.05) is 13.8 Å². The van der Waals surface area contributed by atoms with Crippen LogP contribution in [0.15, 0.2) is 22.5 Å². The molecule has 0 saturated heterocycles. The Hall–Kier alpha value is -1.32. The first-order chi connectivity index (χ1) is 5.79. The molecule has 2 heterocycles. The minimum atomic E-state index is 0.176. The highest BCUT2D eigenvalue weighted by Crippen LogP contribution is 2.37. The summed E-state index contributed by atoms with van der Waals surface area (Å²) in [5.74, 6) is 1.15. The summed E-state index contributed by atoms with van der Waals surface area (Å²) < 4.78 is 0. The minimum absolute atomic E-state index is 0.176. The summed E-state index contributed by atoms with van der Waals surface area (Å²) in [6, 6.07) is 2.11. The molecule has 4 nitrogen and oxygen atoms in total. The lowest BCUT2D eigenvalue weighted by atomic mass is 9.99. The van der Waals surface area contributed by atoms with E-state index in [1.165, 1.54) is 0 Å². The van der Waals surface area contributed by atoms with E-state index in [0.29, 0.717) is 11.7 Å². The van der Waals surface area contributed by atoms with Crippen LogP contribution in [-0.4, -0.2) is 10.2 Å². The van der Waals surface area contributed by atoms with E-state index in [4.69, 9.17) is 0 Å². The Morgan fingerprint density at radius 1 is 1.42 bits per heavy atom. The Bertz CT molecular complexity index is 319. The normalized spacial score (nSPS) is 20.1. The van der Waals surface area contributed by atoms with Crippen LogP contribution in [0, 0.1) is 5.92 Å². The molecule has 1 atom stereocenters. The van der Waals surface area contributed by atoms with Crippen molar-refractivity contribution in [3.8, 4) is 0 Å². The number of aromatic nitrogens is 2. The second-order valence-electron chi connectivity index (χ2n) is 3.21. The molecule has 1 aliphatic rings. The van der Waals surface area contributed by atoms with Gasteiger partial charge in [0, 0.05) is 5.56 Å². The largest absolute Gasteiger partial charge is 0.201 e. The zero-order valence-corrected chi connectivity index (χ0v) is 7.10. The van der Waals surface area contributed by atoms with Gasteiger partial charge in [-0.05, 0) is 12.0 Å². The first kappa shape index (κ1) is 7.34. The van der Waals surface area contributed by atoms with E-state index in [2.05, 4.69) is 34.3 Å². The Labute approximate surface area is 70.7 Å². The summed E-state index contributed by atoms with van der Waals surface area (Å²) in [7, 11) is 0. The molecule has 12 heavy (non-hydrogen) atoms. The van der Waals surface area contributed by atoms with Crippen molar-refractivity contribution in [3.63, 3.8) is 0 Å². The van der Waals surface area contributed by atoms with E-state index < -0.39 is 0 Å². The highest BCUT2D eigenvalue weighted by Gasteiger charge is 2.24. The monoisotopic (exact) mass is 162 g/mol. The summed E-state index contributed by atoms with van der Waals surface area (Å²) in [5.41, 5.74) is 1.10. The summed E-state index contributed by atoms with van der Waals surface area (Å²) >= 11 is 0. The van der Waals surface area contributed by atoms with Crippen LogP contribution in [0.3, 0.4) is 0 Å². The second kappa shape index (κ2) is 2.62. The molecular formula is C8H10N4. The van der Waals surface area contributed by atoms with Crippen molar-refractivity contribution in [2.75, 3.05) is 0 Å². The lowest BCUT2D eigenvalue weighted by Gasteiger charge is -2.09. The smallest absolute Gasteiger partial charge is 0.178 e. The van der Waals surface area contributed by atoms with Crippen molar-refractivity contribution < 1.29 is 0 Å². The van der Waals surface area contributed by atoms with Gasteiger partial charge in [-0.15, -0.1) is 10.2 Å². The third kappa shape index (κ3) is 0.995. The SMILES string of the molecule is CC(C)C1N=Nc2nnccc21. The second-order valence-corrected chi connectivity index (χ2v) is 3.21. The van der Waals surface area contributed by atoms with Crippen LogP contribution in [0.5, 0.6) is 0 Å². The third-order valence-corrected chi connectivity index (χ3v) is 1.96. The molecular weight excluding hydrogens is 152 g/mol. The van der Waals surface area contributed by atoms with Gasteiger partial charge in [0.25, 0.3) is 0 Å². The average Bonchev–Trinajstić information content (AvgIpc) is 2.47. The lowest BCUT2D eigenvalue weighted by molar-refractivity contribution is 0.515. The van der Waals surface area contributed by atoms with Gasteiger partial charge < -0.3 is 0 Å². The van der Waals surface area contributed by atoms with Crippen molar-refractivity contribution in [1.82, 2.24) is 10.2 Å². The number of azo groups is 1. The molecule has 0 N–H and O–H groups in total. The quantitative estimate of drug-likeness (QED) is 0.636. The summed E-state index contributed by atoms with van der Waals surface area (Å²) in [6.45, 7) is 4.25. The molecule has 1 aromatic heterocycles. The van der Waals surface area contributed by atoms with Gasteiger partial charge in [0.2, 0.25) is 5.82 Å². The van der Waals surface area contributed by atoms with Gasteiger partial charge in [0.05, 0.1) is 6.20 Å². The Morgan fingerprint density at radius 3 is 3.00 bits per heavy atom. The molecule has 0 aliphatic carbocycles. The molecule has 0 aromatic carbocycles. The number of hydrogen-bond acceptors (Lipinski definition) is 4. The molecule has 0 fully saturated rings.